The molecule has 232 valence electrons. The molecular formula is C28H35F2N7O6. The van der Waals surface area contributed by atoms with Crippen molar-refractivity contribution in [3.05, 3.63) is 47.4 Å². The summed E-state index contributed by atoms with van der Waals surface area (Å²) in [6.07, 6.45) is 3.15. The Balaban J connectivity index is 1.22. The normalized spacial score (nSPS) is 32.2. The molecule has 3 saturated carbocycles. The number of carbonyl (C=O) groups is 1. The van der Waals surface area contributed by atoms with Crippen molar-refractivity contribution in [3.8, 4) is 11.3 Å². The Morgan fingerprint density at radius 2 is 1.81 bits per heavy atom. The van der Waals surface area contributed by atoms with Crippen molar-refractivity contribution in [3.63, 3.8) is 0 Å². The van der Waals surface area contributed by atoms with Crippen LogP contribution in [-0.2, 0) is 21.4 Å². The summed E-state index contributed by atoms with van der Waals surface area (Å²) >= 11 is 0. The second-order valence-electron chi connectivity index (χ2n) is 12.0. The number of carboxylic acid groups (broad SMARTS) is 1. The summed E-state index contributed by atoms with van der Waals surface area (Å²) in [7, 11) is 1.46. The number of nitrogens with one attached hydrogen (secondary N) is 1. The molecule has 1 amide bonds. The molecule has 0 radical (unpaired) electrons. The van der Waals surface area contributed by atoms with E-state index in [4.69, 9.17) is 9.47 Å². The van der Waals surface area contributed by atoms with E-state index in [1.165, 1.54) is 37.0 Å². The molecule has 4 fully saturated rings. The lowest BCUT2D eigenvalue weighted by atomic mass is 9.56. The number of amides is 1. The van der Waals surface area contributed by atoms with Crippen molar-refractivity contribution in [2.45, 2.75) is 93.4 Å². The van der Waals surface area contributed by atoms with Crippen LogP contribution in [0.15, 0.2) is 24.5 Å². The minimum absolute atomic E-state index is 0.0731. The first-order valence-electron chi connectivity index (χ1n) is 14.3. The molecule has 3 heterocycles. The summed E-state index contributed by atoms with van der Waals surface area (Å²) in [4.78, 5) is 11.3. The number of aromatic nitrogens is 6. The molecule has 15 heteroatoms. The van der Waals surface area contributed by atoms with E-state index in [-0.39, 0.29) is 34.3 Å². The van der Waals surface area contributed by atoms with Gasteiger partial charge in [-0.25, -0.2) is 22.9 Å². The van der Waals surface area contributed by atoms with Crippen molar-refractivity contribution in [1.82, 2.24) is 35.3 Å². The quantitative estimate of drug-likeness (QED) is 0.299. The van der Waals surface area contributed by atoms with Crippen LogP contribution < -0.4 is 5.32 Å². The molecule has 7 rings (SSSR count). The summed E-state index contributed by atoms with van der Waals surface area (Å²) in [5.41, 5.74) is 0.446. The molecule has 2 bridgehead atoms. The van der Waals surface area contributed by atoms with Crippen LogP contribution in [0.1, 0.15) is 55.8 Å². The number of aliphatic hydroxyl groups is 2. The lowest BCUT2D eigenvalue weighted by Crippen LogP contribution is -2.57. The molecule has 1 aromatic carbocycles. The number of methoxy groups -OCH3 is 1. The Morgan fingerprint density at radius 3 is 2.47 bits per heavy atom. The van der Waals surface area contributed by atoms with Gasteiger partial charge in [-0.2, -0.15) is 0 Å². The topological polar surface area (TPSA) is 170 Å². The maximum Gasteiger partial charge on any atom is 0.405 e. The Labute approximate surface area is 245 Å². The van der Waals surface area contributed by atoms with Crippen molar-refractivity contribution in [1.29, 1.82) is 0 Å². The predicted molar refractivity (Wildman–Crippen MR) is 145 cm³/mol. The van der Waals surface area contributed by atoms with Crippen LogP contribution in [0, 0.1) is 18.6 Å². The number of hydrogen-bond donors (Lipinski definition) is 4. The summed E-state index contributed by atoms with van der Waals surface area (Å²) in [5, 5.41) is 50.1. The maximum absolute atomic E-state index is 14.7. The molecular weight excluding hydrogens is 568 g/mol. The Hall–Kier alpha value is -3.53. The van der Waals surface area contributed by atoms with E-state index in [0.717, 1.165) is 44.2 Å². The monoisotopic (exact) mass is 603 g/mol. The molecule has 0 spiro atoms. The first-order valence-corrected chi connectivity index (χ1v) is 14.3. The standard InChI is InChI=1S/C28H35F2N7O6/c1-15-3-4-16(22(30)21(15)29)17-11-37(35-32-17)23-24(39)19(14-38)43-18(25(23)42-2)12-36-13-20(33-34-36)27-5-8-28(9-6-27,10-7-27)31-26(40)41/h3-4,11,13,18-19,23-25,31,38-39H,5-10,12,14H2,1-2H3,(H,40,41)/t18-,19-,23+,24+,25+,27?,28?/m1/s1. The Bertz CT molecular complexity index is 1470. The zero-order chi connectivity index (χ0) is 30.5. The third-order valence-electron chi connectivity index (χ3n) is 9.67. The average Bonchev–Trinajstić information content (AvgIpc) is 3.67. The van der Waals surface area contributed by atoms with Crippen molar-refractivity contribution < 1.29 is 38.4 Å². The summed E-state index contributed by atoms with van der Waals surface area (Å²) in [6, 6.07) is 1.98. The van der Waals surface area contributed by atoms with E-state index in [0.29, 0.717) is 0 Å². The minimum atomic E-state index is -1.25. The van der Waals surface area contributed by atoms with Gasteiger partial charge in [0, 0.05) is 29.8 Å². The number of fused-ring (bicyclic) bond motifs is 3. The first kappa shape index (κ1) is 29.5. The van der Waals surface area contributed by atoms with Crippen molar-refractivity contribution >= 4 is 6.09 Å². The number of aryl methyl sites for hydroxylation is 1. The maximum atomic E-state index is 14.7. The van der Waals surface area contributed by atoms with Crippen LogP contribution in [0.4, 0.5) is 13.6 Å². The molecule has 5 atom stereocenters. The van der Waals surface area contributed by atoms with Crippen LogP contribution in [0.2, 0.25) is 0 Å². The largest absolute Gasteiger partial charge is 0.465 e. The van der Waals surface area contributed by atoms with Gasteiger partial charge in [0.05, 0.1) is 25.0 Å². The van der Waals surface area contributed by atoms with Crippen LogP contribution in [0.3, 0.4) is 0 Å². The SMILES string of the molecule is CO[C@@H]1[C@@H](n2cc(-c3ccc(C)c(F)c3F)nn2)[C@@H](O)[C@@H](CO)O[C@@H]1Cn1cc(C23CCC(NC(=O)O)(CC2)CC3)nn1. The third-order valence-corrected chi connectivity index (χ3v) is 9.67. The van der Waals surface area contributed by atoms with Gasteiger partial charge >= 0.3 is 6.09 Å². The third kappa shape index (κ3) is 5.17. The fourth-order valence-corrected chi connectivity index (χ4v) is 7.10. The van der Waals surface area contributed by atoms with E-state index in [1.54, 1.807) is 4.68 Å². The van der Waals surface area contributed by atoms with E-state index in [1.807, 2.05) is 6.20 Å². The van der Waals surface area contributed by atoms with Gasteiger partial charge in [-0.05, 0) is 57.1 Å². The molecule has 13 nitrogen and oxygen atoms in total. The van der Waals surface area contributed by atoms with Gasteiger partial charge in [-0.3, -0.25) is 0 Å². The highest BCUT2D eigenvalue weighted by Gasteiger charge is 2.52. The second-order valence-corrected chi connectivity index (χ2v) is 12.0. The average molecular weight is 604 g/mol. The Kier molecular flexibility index (Phi) is 7.69. The molecule has 2 aromatic heterocycles. The zero-order valence-electron chi connectivity index (χ0n) is 23.9. The van der Waals surface area contributed by atoms with Gasteiger partial charge in [0.1, 0.15) is 36.2 Å². The summed E-state index contributed by atoms with van der Waals surface area (Å²) < 4.78 is 43.7. The summed E-state index contributed by atoms with van der Waals surface area (Å²) in [5.74, 6) is -2.02. The van der Waals surface area contributed by atoms with Gasteiger partial charge < -0.3 is 30.1 Å². The van der Waals surface area contributed by atoms with Gasteiger partial charge in [0.2, 0.25) is 0 Å². The van der Waals surface area contributed by atoms with Gasteiger partial charge in [-0.1, -0.05) is 16.5 Å². The molecule has 43 heavy (non-hydrogen) atoms. The van der Waals surface area contributed by atoms with Crippen LogP contribution in [0.5, 0.6) is 0 Å². The van der Waals surface area contributed by atoms with Gasteiger partial charge in [0.15, 0.2) is 11.6 Å². The van der Waals surface area contributed by atoms with Gasteiger partial charge in [-0.15, -0.1) is 10.2 Å². The van der Waals surface area contributed by atoms with Gasteiger partial charge in [0.25, 0.3) is 0 Å². The van der Waals surface area contributed by atoms with E-state index < -0.39 is 54.8 Å². The van der Waals surface area contributed by atoms with E-state index in [9.17, 15) is 28.9 Å². The Morgan fingerprint density at radius 1 is 1.09 bits per heavy atom. The molecule has 3 aromatic rings. The van der Waals surface area contributed by atoms with E-state index >= 15 is 0 Å². The fourth-order valence-electron chi connectivity index (χ4n) is 7.10. The number of aliphatic hydroxyl groups excluding tert-OH is 2. The number of nitrogens with zero attached hydrogens (tertiary/aromatic N) is 6. The van der Waals surface area contributed by atoms with Crippen LogP contribution in [0.25, 0.3) is 11.3 Å². The lowest BCUT2D eigenvalue weighted by molar-refractivity contribution is -0.216. The second kappa shape index (κ2) is 11.2. The number of hydrogen-bond acceptors (Lipinski definition) is 9. The fraction of sp³-hybridized carbons (Fsp3) is 0.607. The highest BCUT2D eigenvalue weighted by Crippen LogP contribution is 2.53. The molecule has 1 aliphatic heterocycles. The number of halogens is 2. The highest BCUT2D eigenvalue weighted by atomic mass is 19.2. The van der Waals surface area contributed by atoms with Crippen molar-refractivity contribution in [2.24, 2.45) is 0 Å². The smallest absolute Gasteiger partial charge is 0.405 e. The number of benzene rings is 1. The first-order chi connectivity index (χ1) is 20.6. The van der Waals surface area contributed by atoms with E-state index in [2.05, 4.69) is 25.9 Å². The number of ether oxygens (including phenoxy) is 2. The van der Waals surface area contributed by atoms with Crippen LogP contribution >= 0.6 is 0 Å². The lowest BCUT2D eigenvalue weighted by Gasteiger charge is -2.52. The number of rotatable bonds is 8. The molecule has 1 saturated heterocycles. The highest BCUT2D eigenvalue weighted by molar-refractivity contribution is 5.65. The zero-order valence-corrected chi connectivity index (χ0v) is 23.9. The molecule has 0 unspecified atom stereocenters. The molecule has 3 aliphatic carbocycles. The molecule has 4 aliphatic rings. The molecule has 4 N–H and O–H groups in total. The predicted octanol–water partition coefficient (Wildman–Crippen LogP) is 2.11. The summed E-state index contributed by atoms with van der Waals surface area (Å²) in [6.45, 7) is 1.16. The van der Waals surface area contributed by atoms with Crippen LogP contribution in [-0.4, -0.2) is 95.1 Å². The van der Waals surface area contributed by atoms with Crippen molar-refractivity contribution in [2.75, 3.05) is 13.7 Å². The minimum Gasteiger partial charge on any atom is -0.465 e.